The Labute approximate surface area is 78.6 Å². The molecule has 7 heteroatoms. The summed E-state index contributed by atoms with van der Waals surface area (Å²) >= 11 is 0. The van der Waals surface area contributed by atoms with Crippen LogP contribution in [0.5, 0.6) is 0 Å². The van der Waals surface area contributed by atoms with Crippen molar-refractivity contribution in [3.05, 3.63) is 0 Å². The van der Waals surface area contributed by atoms with E-state index in [1.54, 1.807) is 0 Å². The molecule has 0 amide bonds. The molecular weight excluding hydrogens is 196 g/mol. The van der Waals surface area contributed by atoms with Crippen molar-refractivity contribution in [2.45, 2.75) is 18.9 Å². The predicted octanol–water partition coefficient (Wildman–Crippen LogP) is -1.00. The summed E-state index contributed by atoms with van der Waals surface area (Å²) in [6.07, 6.45) is -1.16. The van der Waals surface area contributed by atoms with Gasteiger partial charge in [-0.1, -0.05) is 0 Å². The van der Waals surface area contributed by atoms with Gasteiger partial charge in [0.25, 0.3) is 0 Å². The summed E-state index contributed by atoms with van der Waals surface area (Å²) in [7, 11) is 0. The molecule has 0 fully saturated rings. The largest absolute Gasteiger partial charge is 0.481 e. The molecule has 0 aromatic carbocycles. The Kier molecular flexibility index (Phi) is 3.58. The molecule has 0 bridgehead atoms. The third-order valence-electron chi connectivity index (χ3n) is 1.88. The highest BCUT2D eigenvalue weighted by Crippen LogP contribution is 2.22. The van der Waals surface area contributed by atoms with Crippen LogP contribution < -0.4 is 0 Å². The standard InChI is InChI=1S/C7H10O7/c1-3(5(10)11)7(14,6(12)13)2-4(8)9/h3,14H,2H2,1H3,(H,8,9)(H,10,11)(H,12,13)/t3?,7-/m1/s1. The van der Waals surface area contributed by atoms with E-state index in [0.29, 0.717) is 0 Å². The van der Waals surface area contributed by atoms with Gasteiger partial charge in [-0.2, -0.15) is 0 Å². The summed E-state index contributed by atoms with van der Waals surface area (Å²) < 4.78 is 0. The number of aliphatic hydroxyl groups is 1. The van der Waals surface area contributed by atoms with Crippen LogP contribution >= 0.6 is 0 Å². The van der Waals surface area contributed by atoms with Crippen LogP contribution in [-0.2, 0) is 14.4 Å². The first kappa shape index (κ1) is 12.4. The van der Waals surface area contributed by atoms with Crippen LogP contribution in [0.1, 0.15) is 13.3 Å². The molecule has 80 valence electrons. The summed E-state index contributed by atoms with van der Waals surface area (Å²) in [5.74, 6) is -6.72. The lowest BCUT2D eigenvalue weighted by atomic mass is 9.86. The van der Waals surface area contributed by atoms with Gasteiger partial charge in [0.15, 0.2) is 5.60 Å². The second-order valence-electron chi connectivity index (χ2n) is 2.86. The van der Waals surface area contributed by atoms with E-state index in [4.69, 9.17) is 15.3 Å². The van der Waals surface area contributed by atoms with Gasteiger partial charge in [0.2, 0.25) is 0 Å². The van der Waals surface area contributed by atoms with Crippen molar-refractivity contribution >= 4 is 17.9 Å². The van der Waals surface area contributed by atoms with Crippen LogP contribution in [0.2, 0.25) is 0 Å². The van der Waals surface area contributed by atoms with E-state index in [1.807, 2.05) is 0 Å². The van der Waals surface area contributed by atoms with Crippen molar-refractivity contribution in [2.75, 3.05) is 0 Å². The van der Waals surface area contributed by atoms with Crippen molar-refractivity contribution in [2.24, 2.45) is 5.92 Å². The van der Waals surface area contributed by atoms with E-state index in [2.05, 4.69) is 0 Å². The molecule has 0 aromatic rings. The van der Waals surface area contributed by atoms with E-state index in [0.717, 1.165) is 6.92 Å². The van der Waals surface area contributed by atoms with Gasteiger partial charge >= 0.3 is 17.9 Å². The number of carboxylic acids is 3. The predicted molar refractivity (Wildman–Crippen MR) is 41.6 cm³/mol. The van der Waals surface area contributed by atoms with Gasteiger partial charge in [-0.25, -0.2) is 4.79 Å². The molecule has 2 atom stereocenters. The maximum absolute atomic E-state index is 10.5. The Bertz CT molecular complexity index is 271. The minimum atomic E-state index is -2.78. The molecule has 7 nitrogen and oxygen atoms in total. The van der Waals surface area contributed by atoms with Gasteiger partial charge in [0.1, 0.15) is 0 Å². The summed E-state index contributed by atoms with van der Waals surface area (Å²) in [4.78, 5) is 31.2. The number of hydrogen-bond donors (Lipinski definition) is 4. The minimum absolute atomic E-state index is 0.930. The topological polar surface area (TPSA) is 132 Å². The van der Waals surface area contributed by atoms with Crippen molar-refractivity contribution in [1.29, 1.82) is 0 Å². The molecule has 0 heterocycles. The number of rotatable bonds is 5. The first-order valence-corrected chi connectivity index (χ1v) is 3.62. The molecule has 1 unspecified atom stereocenters. The molecule has 0 aliphatic rings. The first-order chi connectivity index (χ1) is 6.21. The number of carbonyl (C=O) groups is 3. The first-order valence-electron chi connectivity index (χ1n) is 3.62. The molecule has 0 saturated heterocycles. The zero-order chi connectivity index (χ0) is 11.5. The second kappa shape index (κ2) is 4.05. The van der Waals surface area contributed by atoms with Gasteiger partial charge in [-0.05, 0) is 6.92 Å². The molecule has 0 radical (unpaired) electrons. The van der Waals surface area contributed by atoms with Crippen LogP contribution in [0, 0.1) is 5.92 Å². The number of aliphatic carboxylic acids is 3. The van der Waals surface area contributed by atoms with E-state index >= 15 is 0 Å². The Morgan fingerprint density at radius 1 is 1.21 bits per heavy atom. The Balaban J connectivity index is 4.99. The van der Waals surface area contributed by atoms with Crippen molar-refractivity contribution in [3.63, 3.8) is 0 Å². The lowest BCUT2D eigenvalue weighted by Crippen LogP contribution is -2.49. The normalized spacial score (nSPS) is 16.7. The van der Waals surface area contributed by atoms with Crippen LogP contribution in [-0.4, -0.2) is 43.9 Å². The zero-order valence-corrected chi connectivity index (χ0v) is 7.30. The Morgan fingerprint density at radius 3 is 1.86 bits per heavy atom. The summed E-state index contributed by atoms with van der Waals surface area (Å²) in [5, 5.41) is 34.6. The molecule has 0 spiro atoms. The molecule has 0 aliphatic carbocycles. The fourth-order valence-electron chi connectivity index (χ4n) is 0.849. The SMILES string of the molecule is CC(C(=O)O)[C@](O)(CC(=O)O)C(=O)O. The summed E-state index contributed by atoms with van der Waals surface area (Å²) in [6, 6.07) is 0. The van der Waals surface area contributed by atoms with Crippen LogP contribution in [0.15, 0.2) is 0 Å². The molecule has 4 N–H and O–H groups in total. The van der Waals surface area contributed by atoms with Crippen molar-refractivity contribution < 1.29 is 34.8 Å². The average Bonchev–Trinajstić information content (AvgIpc) is 2.00. The molecule has 0 aromatic heterocycles. The lowest BCUT2D eigenvalue weighted by molar-refractivity contribution is -0.177. The maximum Gasteiger partial charge on any atom is 0.337 e. The molecule has 0 rings (SSSR count). The zero-order valence-electron chi connectivity index (χ0n) is 7.30. The van der Waals surface area contributed by atoms with Gasteiger partial charge in [0, 0.05) is 0 Å². The van der Waals surface area contributed by atoms with Gasteiger partial charge in [-0.3, -0.25) is 9.59 Å². The second-order valence-corrected chi connectivity index (χ2v) is 2.86. The van der Waals surface area contributed by atoms with Crippen LogP contribution in [0.25, 0.3) is 0 Å². The minimum Gasteiger partial charge on any atom is -0.481 e. The van der Waals surface area contributed by atoms with E-state index in [1.165, 1.54) is 0 Å². The lowest BCUT2D eigenvalue weighted by Gasteiger charge is -2.25. The van der Waals surface area contributed by atoms with Gasteiger partial charge in [-0.15, -0.1) is 0 Å². The summed E-state index contributed by atoms with van der Waals surface area (Å²) in [6.45, 7) is 0.930. The smallest absolute Gasteiger partial charge is 0.337 e. The summed E-state index contributed by atoms with van der Waals surface area (Å²) in [5.41, 5.74) is -2.78. The van der Waals surface area contributed by atoms with E-state index in [-0.39, 0.29) is 0 Å². The highest BCUT2D eigenvalue weighted by molar-refractivity contribution is 5.89. The van der Waals surface area contributed by atoms with Crippen molar-refractivity contribution in [3.8, 4) is 0 Å². The third kappa shape index (κ3) is 2.43. The highest BCUT2D eigenvalue weighted by Gasteiger charge is 2.47. The van der Waals surface area contributed by atoms with Crippen LogP contribution in [0.4, 0.5) is 0 Å². The molecular formula is C7H10O7. The van der Waals surface area contributed by atoms with E-state index in [9.17, 15) is 19.5 Å². The maximum atomic E-state index is 10.5. The Hall–Kier alpha value is -1.63. The Morgan fingerprint density at radius 2 is 1.64 bits per heavy atom. The van der Waals surface area contributed by atoms with E-state index < -0.39 is 35.8 Å². The number of hydrogen-bond acceptors (Lipinski definition) is 4. The van der Waals surface area contributed by atoms with Crippen molar-refractivity contribution in [1.82, 2.24) is 0 Å². The van der Waals surface area contributed by atoms with Crippen LogP contribution in [0.3, 0.4) is 0 Å². The number of carboxylic acid groups (broad SMARTS) is 3. The molecule has 0 saturated carbocycles. The monoisotopic (exact) mass is 206 g/mol. The van der Waals surface area contributed by atoms with Gasteiger partial charge < -0.3 is 20.4 Å². The van der Waals surface area contributed by atoms with Gasteiger partial charge in [0.05, 0.1) is 12.3 Å². The quantitative estimate of drug-likeness (QED) is 0.453. The highest BCUT2D eigenvalue weighted by atomic mass is 16.4. The molecule has 0 aliphatic heterocycles. The average molecular weight is 206 g/mol. The fourth-order valence-corrected chi connectivity index (χ4v) is 0.849. The molecule has 14 heavy (non-hydrogen) atoms. The third-order valence-corrected chi connectivity index (χ3v) is 1.88. The fraction of sp³-hybridized carbons (Fsp3) is 0.571.